The minimum Gasteiger partial charge on any atom is -0.324 e. The molecule has 0 amide bonds. The van der Waals surface area contributed by atoms with Crippen LogP contribution >= 0.6 is 12.4 Å². The molecule has 0 unspecified atom stereocenters. The second kappa shape index (κ2) is 3.99. The van der Waals surface area contributed by atoms with Gasteiger partial charge in [0.05, 0.1) is 11.0 Å². The smallest absolute Gasteiger partial charge is 0.155 e. The van der Waals surface area contributed by atoms with Crippen LogP contribution in [0.4, 0.5) is 0 Å². The summed E-state index contributed by atoms with van der Waals surface area (Å²) in [6.45, 7) is 0. The molecule has 2 rings (SSSR count). The molecule has 0 radical (unpaired) electrons. The Labute approximate surface area is 91.8 Å². The number of rotatable bonds is 1. The summed E-state index contributed by atoms with van der Waals surface area (Å²) < 4.78 is 22.9. The Hall–Kier alpha value is 0.200. The van der Waals surface area contributed by atoms with Gasteiger partial charge >= 0.3 is 0 Å². The van der Waals surface area contributed by atoms with Crippen LogP contribution in [-0.2, 0) is 9.84 Å². The molecule has 0 aromatic carbocycles. The standard InChI is InChI=1S/C9H17NO2S.ClH/c10-9(5-2-1-3-6-9)8-4-7-13(8,11)12;/h8H,1-7,10H2;1H/t8-;/m0./s1. The third-order valence-corrected chi connectivity index (χ3v) is 5.90. The van der Waals surface area contributed by atoms with Gasteiger partial charge in [0.25, 0.3) is 0 Å². The molecule has 5 heteroatoms. The zero-order valence-corrected chi connectivity index (χ0v) is 9.87. The fourth-order valence-electron chi connectivity index (χ4n) is 2.61. The molecule has 14 heavy (non-hydrogen) atoms. The van der Waals surface area contributed by atoms with Crippen LogP contribution in [0.15, 0.2) is 0 Å². The second-order valence-electron chi connectivity index (χ2n) is 4.44. The molecule has 2 N–H and O–H groups in total. The summed E-state index contributed by atoms with van der Waals surface area (Å²) in [6, 6.07) is 0. The Morgan fingerprint density at radius 2 is 1.71 bits per heavy atom. The van der Waals surface area contributed by atoms with E-state index in [0.29, 0.717) is 5.75 Å². The first-order valence-corrected chi connectivity index (χ1v) is 6.77. The van der Waals surface area contributed by atoms with E-state index in [1.54, 1.807) is 0 Å². The van der Waals surface area contributed by atoms with Crippen LogP contribution < -0.4 is 5.73 Å². The van der Waals surface area contributed by atoms with E-state index >= 15 is 0 Å². The van der Waals surface area contributed by atoms with E-state index in [-0.39, 0.29) is 23.2 Å². The Morgan fingerprint density at radius 3 is 2.07 bits per heavy atom. The minimum atomic E-state index is -2.81. The van der Waals surface area contributed by atoms with Crippen molar-refractivity contribution < 1.29 is 8.42 Å². The van der Waals surface area contributed by atoms with Crippen LogP contribution in [0.3, 0.4) is 0 Å². The minimum absolute atomic E-state index is 0. The van der Waals surface area contributed by atoms with Gasteiger partial charge in [0.2, 0.25) is 0 Å². The van der Waals surface area contributed by atoms with Crippen LogP contribution in [0.2, 0.25) is 0 Å². The summed E-state index contributed by atoms with van der Waals surface area (Å²) in [5, 5.41) is -0.222. The van der Waals surface area contributed by atoms with E-state index in [0.717, 1.165) is 32.1 Å². The molecule has 2 aliphatic rings. The van der Waals surface area contributed by atoms with Crippen LogP contribution in [0, 0.1) is 0 Å². The van der Waals surface area contributed by atoms with E-state index in [1.807, 2.05) is 0 Å². The lowest BCUT2D eigenvalue weighted by molar-refractivity contribution is 0.267. The normalized spacial score (nSPS) is 33.9. The highest BCUT2D eigenvalue weighted by molar-refractivity contribution is 7.93. The van der Waals surface area contributed by atoms with Gasteiger partial charge in [0.15, 0.2) is 9.84 Å². The Morgan fingerprint density at radius 1 is 1.14 bits per heavy atom. The van der Waals surface area contributed by atoms with E-state index in [9.17, 15) is 8.42 Å². The predicted octanol–water partition coefficient (Wildman–Crippen LogP) is 1.26. The van der Waals surface area contributed by atoms with Gasteiger partial charge in [-0.1, -0.05) is 19.3 Å². The fourth-order valence-corrected chi connectivity index (χ4v) is 4.41. The zero-order valence-electron chi connectivity index (χ0n) is 8.24. The molecule has 2 fully saturated rings. The number of nitrogens with two attached hydrogens (primary N) is 1. The van der Waals surface area contributed by atoms with Gasteiger partial charge in [-0.25, -0.2) is 8.42 Å². The first kappa shape index (κ1) is 12.3. The van der Waals surface area contributed by atoms with Gasteiger partial charge in [-0.2, -0.15) is 0 Å². The SMILES string of the molecule is Cl.NC1([C@@H]2CCS2(=O)=O)CCCCC1. The Kier molecular flexibility index (Phi) is 3.49. The van der Waals surface area contributed by atoms with E-state index in [4.69, 9.17) is 5.73 Å². The summed E-state index contributed by atoms with van der Waals surface area (Å²) >= 11 is 0. The van der Waals surface area contributed by atoms with E-state index < -0.39 is 9.84 Å². The topological polar surface area (TPSA) is 60.2 Å². The third-order valence-electron chi connectivity index (χ3n) is 3.52. The highest BCUT2D eigenvalue weighted by atomic mass is 35.5. The summed E-state index contributed by atoms with van der Waals surface area (Å²) in [5.74, 6) is 0.358. The van der Waals surface area contributed by atoms with Crippen LogP contribution in [0.5, 0.6) is 0 Å². The fraction of sp³-hybridized carbons (Fsp3) is 1.00. The molecule has 84 valence electrons. The molecule has 0 spiro atoms. The number of sulfone groups is 1. The van der Waals surface area contributed by atoms with Crippen molar-refractivity contribution in [2.24, 2.45) is 5.73 Å². The molecule has 1 heterocycles. The lowest BCUT2D eigenvalue weighted by Crippen LogP contribution is -2.60. The number of hydrogen-bond donors (Lipinski definition) is 1. The summed E-state index contributed by atoms with van der Waals surface area (Å²) in [6.07, 6.45) is 6.00. The molecule has 3 nitrogen and oxygen atoms in total. The van der Waals surface area contributed by atoms with Crippen molar-refractivity contribution in [2.75, 3.05) is 5.75 Å². The van der Waals surface area contributed by atoms with E-state index in [1.165, 1.54) is 6.42 Å². The van der Waals surface area contributed by atoms with Crippen molar-refractivity contribution in [1.29, 1.82) is 0 Å². The van der Waals surface area contributed by atoms with Gasteiger partial charge in [-0.3, -0.25) is 0 Å². The molecule has 0 bridgehead atoms. The van der Waals surface area contributed by atoms with E-state index in [2.05, 4.69) is 0 Å². The molecule has 1 saturated heterocycles. The van der Waals surface area contributed by atoms with Crippen LogP contribution in [0.1, 0.15) is 38.5 Å². The number of hydrogen-bond acceptors (Lipinski definition) is 3. The molecule has 0 aromatic heterocycles. The molecule has 0 aromatic rings. The summed E-state index contributed by atoms with van der Waals surface area (Å²) in [7, 11) is -2.81. The Balaban J connectivity index is 0.000000980. The van der Waals surface area contributed by atoms with Crippen molar-refractivity contribution in [3.63, 3.8) is 0 Å². The molecular formula is C9H18ClNO2S. The quantitative estimate of drug-likeness (QED) is 0.750. The van der Waals surface area contributed by atoms with Crippen molar-refractivity contribution in [3.8, 4) is 0 Å². The van der Waals surface area contributed by atoms with Gasteiger partial charge in [-0.15, -0.1) is 12.4 Å². The summed E-state index contributed by atoms with van der Waals surface area (Å²) in [4.78, 5) is 0. The average molecular weight is 240 g/mol. The van der Waals surface area contributed by atoms with Crippen molar-refractivity contribution in [3.05, 3.63) is 0 Å². The molecular weight excluding hydrogens is 222 g/mol. The molecule has 1 aliphatic carbocycles. The van der Waals surface area contributed by atoms with Gasteiger partial charge in [0.1, 0.15) is 0 Å². The molecule has 1 aliphatic heterocycles. The van der Waals surface area contributed by atoms with Gasteiger partial charge < -0.3 is 5.73 Å². The van der Waals surface area contributed by atoms with Gasteiger partial charge in [-0.05, 0) is 19.3 Å². The number of halogens is 1. The lowest BCUT2D eigenvalue weighted by atomic mass is 9.79. The second-order valence-corrected chi connectivity index (χ2v) is 6.74. The summed E-state index contributed by atoms with van der Waals surface area (Å²) in [5.41, 5.74) is 5.78. The molecule has 1 atom stereocenters. The highest BCUT2D eigenvalue weighted by Crippen LogP contribution is 2.38. The maximum absolute atomic E-state index is 11.4. The average Bonchev–Trinajstić information content (AvgIpc) is 2.03. The highest BCUT2D eigenvalue weighted by Gasteiger charge is 2.49. The van der Waals surface area contributed by atoms with Crippen LogP contribution in [-0.4, -0.2) is 25.0 Å². The maximum Gasteiger partial charge on any atom is 0.155 e. The predicted molar refractivity (Wildman–Crippen MR) is 59.4 cm³/mol. The zero-order chi connectivity index (χ0) is 9.53. The lowest BCUT2D eigenvalue weighted by Gasteiger charge is -2.44. The van der Waals surface area contributed by atoms with Gasteiger partial charge in [0, 0.05) is 5.54 Å². The van der Waals surface area contributed by atoms with Crippen molar-refractivity contribution >= 4 is 22.2 Å². The third kappa shape index (κ3) is 1.92. The largest absolute Gasteiger partial charge is 0.324 e. The van der Waals surface area contributed by atoms with Crippen molar-refractivity contribution in [2.45, 2.75) is 49.3 Å². The maximum atomic E-state index is 11.4. The molecule has 1 saturated carbocycles. The van der Waals surface area contributed by atoms with Crippen LogP contribution in [0.25, 0.3) is 0 Å². The monoisotopic (exact) mass is 239 g/mol. The first-order valence-electron chi connectivity index (χ1n) is 5.05. The first-order chi connectivity index (χ1) is 6.05. The van der Waals surface area contributed by atoms with Crippen molar-refractivity contribution in [1.82, 2.24) is 0 Å². The Bertz CT molecular complexity index is 296.